The van der Waals surface area contributed by atoms with E-state index in [1.54, 1.807) is 4.90 Å². The lowest BCUT2D eigenvalue weighted by Gasteiger charge is -2.38. The zero-order valence-electron chi connectivity index (χ0n) is 14.9. The molecule has 3 aliphatic rings. The predicted molar refractivity (Wildman–Crippen MR) is 93.7 cm³/mol. The van der Waals surface area contributed by atoms with Crippen molar-refractivity contribution in [3.8, 4) is 0 Å². The van der Waals surface area contributed by atoms with Crippen LogP contribution < -0.4 is 0 Å². The summed E-state index contributed by atoms with van der Waals surface area (Å²) in [6.45, 7) is 2.34. The highest BCUT2D eigenvalue weighted by Gasteiger charge is 2.42. The largest absolute Gasteiger partial charge is 0.481 e. The zero-order valence-corrected chi connectivity index (χ0v) is 14.9. The molecule has 1 aliphatic carbocycles. The first-order valence-electron chi connectivity index (χ1n) is 9.44. The van der Waals surface area contributed by atoms with Gasteiger partial charge in [0.05, 0.1) is 19.1 Å². The predicted octanol–water partition coefficient (Wildman–Crippen LogP) is 2.17. The van der Waals surface area contributed by atoms with E-state index in [1.807, 2.05) is 18.2 Å². The highest BCUT2D eigenvalue weighted by molar-refractivity contribution is 5.83. The standard InChI is InChI=1S/C20H25NO5/c22-18(21-9-7-20(8-10-21)25-11-12-26-20)13-17(19(23)24)16-6-5-14-3-1-2-4-15(14)16/h1-4,16-17H,5-13H2,(H,23,24)/t16-,17?/m0/s1. The molecule has 26 heavy (non-hydrogen) atoms. The van der Waals surface area contributed by atoms with Crippen LogP contribution in [0.1, 0.15) is 42.7 Å². The number of likely N-dealkylation sites (tertiary alicyclic amines) is 1. The van der Waals surface area contributed by atoms with Gasteiger partial charge in [-0.2, -0.15) is 0 Å². The number of carbonyl (C=O) groups excluding carboxylic acids is 1. The third kappa shape index (κ3) is 3.23. The number of aliphatic carboxylic acids is 1. The third-order valence-electron chi connectivity index (χ3n) is 6.07. The van der Waals surface area contributed by atoms with Crippen molar-refractivity contribution in [1.29, 1.82) is 0 Å². The lowest BCUT2D eigenvalue weighted by molar-refractivity contribution is -0.188. The molecule has 4 rings (SSSR count). The molecule has 2 saturated heterocycles. The molecule has 1 aromatic rings. The number of benzene rings is 1. The summed E-state index contributed by atoms with van der Waals surface area (Å²) in [5.41, 5.74) is 2.31. The fourth-order valence-corrected chi connectivity index (χ4v) is 4.61. The quantitative estimate of drug-likeness (QED) is 0.892. The van der Waals surface area contributed by atoms with Gasteiger partial charge in [-0.1, -0.05) is 24.3 Å². The summed E-state index contributed by atoms with van der Waals surface area (Å²) in [6, 6.07) is 8.00. The van der Waals surface area contributed by atoms with Crippen LogP contribution in [0.5, 0.6) is 0 Å². The first-order chi connectivity index (χ1) is 12.6. The number of aryl methyl sites for hydroxylation is 1. The van der Waals surface area contributed by atoms with Crippen LogP contribution in [0.15, 0.2) is 24.3 Å². The van der Waals surface area contributed by atoms with Crippen molar-refractivity contribution < 1.29 is 24.2 Å². The monoisotopic (exact) mass is 359 g/mol. The number of hydrogen-bond donors (Lipinski definition) is 1. The first-order valence-corrected chi connectivity index (χ1v) is 9.44. The van der Waals surface area contributed by atoms with Gasteiger partial charge in [0.2, 0.25) is 5.91 Å². The van der Waals surface area contributed by atoms with Crippen molar-refractivity contribution in [2.45, 2.75) is 43.8 Å². The number of rotatable bonds is 4. The maximum absolute atomic E-state index is 12.8. The molecule has 1 amide bonds. The molecule has 0 saturated carbocycles. The highest BCUT2D eigenvalue weighted by atomic mass is 16.7. The molecule has 2 fully saturated rings. The van der Waals surface area contributed by atoms with Crippen molar-refractivity contribution >= 4 is 11.9 Å². The van der Waals surface area contributed by atoms with Crippen molar-refractivity contribution in [3.63, 3.8) is 0 Å². The van der Waals surface area contributed by atoms with Gasteiger partial charge in [-0.3, -0.25) is 9.59 Å². The van der Waals surface area contributed by atoms with Gasteiger partial charge in [-0.25, -0.2) is 0 Å². The van der Waals surface area contributed by atoms with Crippen LogP contribution in [0.2, 0.25) is 0 Å². The SMILES string of the molecule is O=C(O)C(CC(=O)N1CCC2(CC1)OCCO2)[C@H]1CCc2ccccc21. The van der Waals surface area contributed by atoms with Crippen molar-refractivity contribution in [2.24, 2.45) is 5.92 Å². The van der Waals surface area contributed by atoms with Crippen LogP contribution in [0.3, 0.4) is 0 Å². The number of piperidine rings is 1. The van der Waals surface area contributed by atoms with Gasteiger partial charge in [-0.15, -0.1) is 0 Å². The second-order valence-corrected chi connectivity index (χ2v) is 7.48. The maximum atomic E-state index is 12.8. The second kappa shape index (κ2) is 7.00. The Bertz CT molecular complexity index is 687. The van der Waals surface area contributed by atoms with E-state index in [9.17, 15) is 14.7 Å². The minimum atomic E-state index is -0.879. The fourth-order valence-electron chi connectivity index (χ4n) is 4.61. The molecule has 6 nitrogen and oxygen atoms in total. The topological polar surface area (TPSA) is 76.1 Å². The summed E-state index contributed by atoms with van der Waals surface area (Å²) in [5, 5.41) is 9.76. The van der Waals surface area contributed by atoms with Gasteiger partial charge in [0.25, 0.3) is 0 Å². The Kier molecular flexibility index (Phi) is 4.71. The number of ether oxygens (including phenoxy) is 2. The lowest BCUT2D eigenvalue weighted by Crippen LogP contribution is -2.48. The molecular weight excluding hydrogens is 334 g/mol. The summed E-state index contributed by atoms with van der Waals surface area (Å²) in [4.78, 5) is 26.4. The van der Waals surface area contributed by atoms with E-state index in [1.165, 1.54) is 5.56 Å². The molecule has 0 aromatic heterocycles. The molecule has 1 N–H and O–H groups in total. The molecule has 1 aromatic carbocycles. The molecular formula is C20H25NO5. The van der Waals surface area contributed by atoms with E-state index in [4.69, 9.17) is 9.47 Å². The Morgan fingerprint density at radius 3 is 2.58 bits per heavy atom. The number of fused-ring (bicyclic) bond motifs is 1. The smallest absolute Gasteiger partial charge is 0.307 e. The zero-order chi connectivity index (χ0) is 18.1. The van der Waals surface area contributed by atoms with Crippen molar-refractivity contribution in [2.75, 3.05) is 26.3 Å². The van der Waals surface area contributed by atoms with E-state index in [2.05, 4.69) is 6.07 Å². The van der Waals surface area contributed by atoms with Crippen molar-refractivity contribution in [3.05, 3.63) is 35.4 Å². The van der Waals surface area contributed by atoms with Crippen molar-refractivity contribution in [1.82, 2.24) is 4.90 Å². The Labute approximate surface area is 153 Å². The van der Waals surface area contributed by atoms with Gasteiger partial charge in [0.15, 0.2) is 5.79 Å². The summed E-state index contributed by atoms with van der Waals surface area (Å²) in [6.07, 6.45) is 3.06. The normalized spacial score (nSPS) is 25.2. The van der Waals surface area contributed by atoms with Crippen LogP contribution in [0.25, 0.3) is 0 Å². The Balaban J connectivity index is 1.41. The van der Waals surface area contributed by atoms with Crippen LogP contribution in [-0.4, -0.2) is 54.0 Å². The Hall–Kier alpha value is -1.92. The van der Waals surface area contributed by atoms with E-state index in [0.29, 0.717) is 39.1 Å². The van der Waals surface area contributed by atoms with E-state index < -0.39 is 17.7 Å². The summed E-state index contributed by atoms with van der Waals surface area (Å²) < 4.78 is 11.4. The third-order valence-corrected chi connectivity index (χ3v) is 6.07. The molecule has 2 aliphatic heterocycles. The Morgan fingerprint density at radius 1 is 1.19 bits per heavy atom. The summed E-state index contributed by atoms with van der Waals surface area (Å²) in [7, 11) is 0. The second-order valence-electron chi connectivity index (χ2n) is 7.48. The van der Waals surface area contributed by atoms with Gasteiger partial charge in [-0.05, 0) is 29.9 Å². The minimum absolute atomic E-state index is 0.0586. The molecule has 140 valence electrons. The number of hydrogen-bond acceptors (Lipinski definition) is 4. The van der Waals surface area contributed by atoms with Gasteiger partial charge < -0.3 is 19.5 Å². The average molecular weight is 359 g/mol. The van der Waals surface area contributed by atoms with E-state index in [-0.39, 0.29) is 18.2 Å². The van der Waals surface area contributed by atoms with Crippen LogP contribution in [0.4, 0.5) is 0 Å². The summed E-state index contributed by atoms with van der Waals surface area (Å²) >= 11 is 0. The lowest BCUT2D eigenvalue weighted by atomic mass is 9.84. The van der Waals surface area contributed by atoms with Gasteiger partial charge >= 0.3 is 5.97 Å². The fraction of sp³-hybridized carbons (Fsp3) is 0.600. The minimum Gasteiger partial charge on any atom is -0.481 e. The Morgan fingerprint density at radius 2 is 1.88 bits per heavy atom. The molecule has 0 radical (unpaired) electrons. The van der Waals surface area contributed by atoms with Crippen LogP contribution in [0, 0.1) is 5.92 Å². The molecule has 6 heteroatoms. The van der Waals surface area contributed by atoms with E-state index >= 15 is 0 Å². The summed E-state index contributed by atoms with van der Waals surface area (Å²) in [5.74, 6) is -2.22. The van der Waals surface area contributed by atoms with E-state index in [0.717, 1.165) is 18.4 Å². The van der Waals surface area contributed by atoms with Gasteiger partial charge in [0.1, 0.15) is 0 Å². The molecule has 0 bridgehead atoms. The number of amides is 1. The average Bonchev–Trinajstić information content (AvgIpc) is 3.27. The number of nitrogens with zero attached hydrogens (tertiary/aromatic N) is 1. The number of carbonyl (C=O) groups is 2. The molecule has 2 atom stereocenters. The van der Waals surface area contributed by atoms with Crippen LogP contribution >= 0.6 is 0 Å². The number of carboxylic acid groups (broad SMARTS) is 1. The van der Waals surface area contributed by atoms with Gasteiger partial charge in [0, 0.05) is 32.4 Å². The highest BCUT2D eigenvalue weighted by Crippen LogP contribution is 2.40. The molecule has 1 unspecified atom stereocenters. The maximum Gasteiger partial charge on any atom is 0.307 e. The number of carboxylic acids is 1. The molecule has 2 heterocycles. The van der Waals surface area contributed by atoms with Crippen LogP contribution in [-0.2, 0) is 25.5 Å². The molecule has 1 spiro atoms. The first kappa shape index (κ1) is 17.5.